The van der Waals surface area contributed by atoms with E-state index in [9.17, 15) is 9.59 Å². The van der Waals surface area contributed by atoms with Crippen molar-refractivity contribution in [2.75, 3.05) is 6.54 Å². The Morgan fingerprint density at radius 2 is 1.66 bits per heavy atom. The fourth-order valence-corrected chi connectivity index (χ4v) is 3.10. The molecule has 156 valence electrons. The third-order valence-corrected chi connectivity index (χ3v) is 4.24. The number of hydrogen-bond acceptors (Lipinski definition) is 6. The lowest BCUT2D eigenvalue weighted by Gasteiger charge is -2.31. The minimum Gasteiger partial charge on any atom is -0.444 e. The van der Waals surface area contributed by atoms with Crippen LogP contribution in [0, 0.1) is 0 Å². The van der Waals surface area contributed by atoms with Crippen molar-refractivity contribution < 1.29 is 19.1 Å². The summed E-state index contributed by atoms with van der Waals surface area (Å²) in [5, 5.41) is 0. The van der Waals surface area contributed by atoms with E-state index < -0.39 is 17.3 Å². The predicted molar refractivity (Wildman–Crippen MR) is 107 cm³/mol. The van der Waals surface area contributed by atoms with E-state index in [0.29, 0.717) is 30.9 Å². The molecule has 1 amide bonds. The molecule has 0 saturated heterocycles. The molecule has 0 atom stereocenters. The van der Waals surface area contributed by atoms with E-state index >= 15 is 0 Å². The molecule has 0 saturated carbocycles. The van der Waals surface area contributed by atoms with Gasteiger partial charge in [-0.3, -0.25) is 4.57 Å². The summed E-state index contributed by atoms with van der Waals surface area (Å²) in [5.74, 6) is 0. The highest BCUT2D eigenvalue weighted by Crippen LogP contribution is 2.29. The smallest absolute Gasteiger partial charge is 0.419 e. The number of amides is 1. The van der Waals surface area contributed by atoms with Crippen molar-refractivity contribution >= 4 is 12.2 Å². The summed E-state index contributed by atoms with van der Waals surface area (Å²) in [6.45, 7) is 11.8. The van der Waals surface area contributed by atoms with Crippen LogP contribution in [-0.2, 0) is 22.4 Å². The normalized spacial score (nSPS) is 14.3. The Kier molecular flexibility index (Phi) is 5.38. The van der Waals surface area contributed by atoms with Crippen molar-refractivity contribution in [2.45, 2.75) is 65.7 Å². The number of aromatic nitrogens is 3. The summed E-state index contributed by atoms with van der Waals surface area (Å²) in [5.41, 5.74) is 1.85. The van der Waals surface area contributed by atoms with Crippen LogP contribution in [0.15, 0.2) is 24.7 Å². The van der Waals surface area contributed by atoms with Crippen LogP contribution < -0.4 is 0 Å². The molecule has 8 nitrogen and oxygen atoms in total. The second kappa shape index (κ2) is 7.50. The molecule has 3 heterocycles. The maximum atomic E-state index is 12.6. The number of nitrogens with zero attached hydrogens (tertiary/aromatic N) is 4. The monoisotopic (exact) mass is 400 g/mol. The van der Waals surface area contributed by atoms with E-state index in [0.717, 1.165) is 11.3 Å². The van der Waals surface area contributed by atoms with Crippen LogP contribution in [0.25, 0.3) is 11.4 Å². The predicted octanol–water partition coefficient (Wildman–Crippen LogP) is 4.02. The topological polar surface area (TPSA) is 86.5 Å². The number of ether oxygens (including phenoxy) is 2. The second-order valence-electron chi connectivity index (χ2n) is 9.04. The van der Waals surface area contributed by atoms with E-state index in [-0.39, 0.29) is 6.09 Å². The van der Waals surface area contributed by atoms with E-state index in [1.807, 2.05) is 47.6 Å². The molecule has 1 aliphatic heterocycles. The highest BCUT2D eigenvalue weighted by Gasteiger charge is 2.29. The van der Waals surface area contributed by atoms with E-state index in [1.165, 1.54) is 10.9 Å². The summed E-state index contributed by atoms with van der Waals surface area (Å²) in [6, 6.07) is 3.61. The van der Waals surface area contributed by atoms with Crippen LogP contribution in [0.2, 0.25) is 0 Å². The standard InChI is InChI=1S/C21H28N4O4/c1-20(2,3)28-18(26)24-11-9-14-15(12-24)22-13-23-17(14)16-8-7-10-25(16)19(27)29-21(4,5)6/h7-8,10,13H,9,11-12H2,1-6H3. The first-order valence-corrected chi connectivity index (χ1v) is 9.66. The number of rotatable bonds is 1. The van der Waals surface area contributed by atoms with Crippen LogP contribution in [0.1, 0.15) is 52.8 Å². The van der Waals surface area contributed by atoms with Gasteiger partial charge in [-0.1, -0.05) is 0 Å². The van der Waals surface area contributed by atoms with E-state index in [2.05, 4.69) is 9.97 Å². The Morgan fingerprint density at radius 1 is 1.00 bits per heavy atom. The zero-order valence-corrected chi connectivity index (χ0v) is 17.9. The number of carbonyl (C=O) groups is 2. The van der Waals surface area contributed by atoms with Crippen LogP contribution in [0.4, 0.5) is 9.59 Å². The summed E-state index contributed by atoms with van der Waals surface area (Å²) in [6.07, 6.45) is 2.87. The van der Waals surface area contributed by atoms with Crippen molar-refractivity contribution in [3.8, 4) is 11.4 Å². The van der Waals surface area contributed by atoms with Crippen molar-refractivity contribution in [1.29, 1.82) is 0 Å². The Balaban J connectivity index is 1.88. The van der Waals surface area contributed by atoms with Crippen LogP contribution >= 0.6 is 0 Å². The molecule has 8 heteroatoms. The molecule has 2 aromatic heterocycles. The SMILES string of the molecule is CC(C)(C)OC(=O)N1CCc2c(ncnc2-c2cccn2C(=O)OC(C)(C)C)C1. The van der Waals surface area contributed by atoms with E-state index in [1.54, 1.807) is 17.2 Å². The zero-order chi connectivity index (χ0) is 21.4. The molecular formula is C21H28N4O4. The van der Waals surface area contributed by atoms with Gasteiger partial charge in [0.15, 0.2) is 0 Å². The quantitative estimate of drug-likeness (QED) is 0.718. The molecule has 2 aromatic rings. The van der Waals surface area contributed by atoms with Crippen molar-refractivity contribution in [3.05, 3.63) is 35.9 Å². The molecule has 0 spiro atoms. The van der Waals surface area contributed by atoms with Gasteiger partial charge in [0.2, 0.25) is 0 Å². The third kappa shape index (κ3) is 4.93. The van der Waals surface area contributed by atoms with Crippen LogP contribution in [0.5, 0.6) is 0 Å². The molecule has 1 aliphatic rings. The molecule has 0 bridgehead atoms. The number of carbonyl (C=O) groups excluding carboxylic acids is 2. The lowest BCUT2D eigenvalue weighted by atomic mass is 10.0. The van der Waals surface area contributed by atoms with Gasteiger partial charge in [-0.05, 0) is 60.1 Å². The number of fused-ring (bicyclic) bond motifs is 1. The molecule has 0 aromatic carbocycles. The minimum absolute atomic E-state index is 0.340. The lowest BCUT2D eigenvalue weighted by molar-refractivity contribution is 0.0220. The molecule has 0 unspecified atom stereocenters. The molecule has 0 radical (unpaired) electrons. The first-order valence-electron chi connectivity index (χ1n) is 9.66. The fraction of sp³-hybridized carbons (Fsp3) is 0.524. The Morgan fingerprint density at radius 3 is 2.31 bits per heavy atom. The van der Waals surface area contributed by atoms with Gasteiger partial charge in [-0.25, -0.2) is 19.6 Å². The van der Waals surface area contributed by atoms with Gasteiger partial charge in [0, 0.05) is 18.3 Å². The highest BCUT2D eigenvalue weighted by molar-refractivity contribution is 5.79. The van der Waals surface area contributed by atoms with Crippen molar-refractivity contribution in [1.82, 2.24) is 19.4 Å². The van der Waals surface area contributed by atoms with Gasteiger partial charge in [-0.2, -0.15) is 0 Å². The Hall–Kier alpha value is -2.90. The first kappa shape index (κ1) is 20.8. The van der Waals surface area contributed by atoms with Gasteiger partial charge in [0.25, 0.3) is 0 Å². The molecule has 0 fully saturated rings. The largest absolute Gasteiger partial charge is 0.444 e. The number of hydrogen-bond donors (Lipinski definition) is 0. The second-order valence-corrected chi connectivity index (χ2v) is 9.04. The van der Waals surface area contributed by atoms with E-state index in [4.69, 9.17) is 9.47 Å². The lowest BCUT2D eigenvalue weighted by Crippen LogP contribution is -2.40. The van der Waals surface area contributed by atoms with Gasteiger partial charge < -0.3 is 14.4 Å². The van der Waals surface area contributed by atoms with Crippen molar-refractivity contribution in [3.63, 3.8) is 0 Å². The molecular weight excluding hydrogens is 372 g/mol. The average molecular weight is 400 g/mol. The maximum absolute atomic E-state index is 12.6. The zero-order valence-electron chi connectivity index (χ0n) is 17.9. The highest BCUT2D eigenvalue weighted by atomic mass is 16.6. The Bertz CT molecular complexity index is 921. The molecule has 3 rings (SSSR count). The van der Waals surface area contributed by atoms with Gasteiger partial charge >= 0.3 is 12.2 Å². The molecule has 29 heavy (non-hydrogen) atoms. The van der Waals surface area contributed by atoms with Gasteiger partial charge in [-0.15, -0.1) is 0 Å². The van der Waals surface area contributed by atoms with Crippen molar-refractivity contribution in [2.24, 2.45) is 0 Å². The summed E-state index contributed by atoms with van der Waals surface area (Å²) in [4.78, 5) is 35.4. The average Bonchev–Trinajstić information content (AvgIpc) is 3.07. The van der Waals surface area contributed by atoms with Gasteiger partial charge in [0.1, 0.15) is 17.5 Å². The summed E-state index contributed by atoms with van der Waals surface area (Å²) < 4.78 is 12.4. The minimum atomic E-state index is -0.600. The maximum Gasteiger partial charge on any atom is 0.419 e. The fourth-order valence-electron chi connectivity index (χ4n) is 3.10. The molecule has 0 aliphatic carbocycles. The summed E-state index contributed by atoms with van der Waals surface area (Å²) >= 11 is 0. The van der Waals surface area contributed by atoms with Crippen LogP contribution in [-0.4, -0.2) is 49.4 Å². The first-order chi connectivity index (χ1) is 13.4. The van der Waals surface area contributed by atoms with Gasteiger partial charge in [0.05, 0.1) is 23.6 Å². The molecule has 0 N–H and O–H groups in total. The van der Waals surface area contributed by atoms with Crippen LogP contribution in [0.3, 0.4) is 0 Å². The Labute approximate surface area is 170 Å². The summed E-state index contributed by atoms with van der Waals surface area (Å²) in [7, 11) is 0. The third-order valence-electron chi connectivity index (χ3n) is 4.24.